The van der Waals surface area contributed by atoms with Gasteiger partial charge < -0.3 is 5.32 Å². The van der Waals surface area contributed by atoms with E-state index in [-0.39, 0.29) is 11.9 Å². The second-order valence-electron chi connectivity index (χ2n) is 4.57. The van der Waals surface area contributed by atoms with Crippen molar-refractivity contribution in [1.82, 2.24) is 5.32 Å². The lowest BCUT2D eigenvalue weighted by atomic mass is 10.0. The number of benzene rings is 1. The molecule has 2 rings (SSSR count). The molecule has 0 aliphatic carbocycles. The van der Waals surface area contributed by atoms with Crippen molar-refractivity contribution in [2.75, 3.05) is 6.54 Å². The van der Waals surface area contributed by atoms with Crippen molar-refractivity contribution in [3.05, 3.63) is 54.8 Å². The molecule has 0 aliphatic rings. The zero-order chi connectivity index (χ0) is 14.5. The molecule has 2 aromatic rings. The Kier molecular flexibility index (Phi) is 6.20. The summed E-state index contributed by atoms with van der Waals surface area (Å²) in [7, 11) is 0. The zero-order valence-electron chi connectivity index (χ0n) is 11.1. The van der Waals surface area contributed by atoms with Gasteiger partial charge in [-0.05, 0) is 68.9 Å². The molecule has 0 saturated carbocycles. The molecule has 0 spiro atoms. The minimum absolute atomic E-state index is 0.134. The summed E-state index contributed by atoms with van der Waals surface area (Å²) < 4.78 is 16.0. The van der Waals surface area contributed by atoms with Crippen LogP contribution in [0.15, 0.2) is 38.6 Å². The number of halogens is 3. The van der Waals surface area contributed by atoms with Crippen LogP contribution < -0.4 is 5.32 Å². The highest BCUT2D eigenvalue weighted by molar-refractivity contribution is 9.13. The van der Waals surface area contributed by atoms with E-state index < -0.39 is 0 Å². The van der Waals surface area contributed by atoms with Gasteiger partial charge in [-0.25, -0.2) is 4.39 Å². The average Bonchev–Trinajstić information content (AvgIpc) is 2.76. The molecule has 20 heavy (non-hydrogen) atoms. The molecule has 0 amide bonds. The Bertz CT molecular complexity index is 551. The third-order valence-corrected chi connectivity index (χ3v) is 6.40. The van der Waals surface area contributed by atoms with Crippen molar-refractivity contribution >= 4 is 43.2 Å². The lowest BCUT2D eigenvalue weighted by Crippen LogP contribution is -2.23. The van der Waals surface area contributed by atoms with Crippen molar-refractivity contribution in [2.24, 2.45) is 0 Å². The Hall–Kier alpha value is -0.230. The third kappa shape index (κ3) is 4.13. The van der Waals surface area contributed by atoms with E-state index in [1.54, 1.807) is 17.4 Å². The first-order chi connectivity index (χ1) is 9.61. The number of nitrogens with one attached hydrogen (secondary N) is 1. The number of thiophene rings is 1. The maximum Gasteiger partial charge on any atom is 0.126 e. The quantitative estimate of drug-likeness (QED) is 0.632. The summed E-state index contributed by atoms with van der Waals surface area (Å²) in [5.74, 6) is -0.134. The van der Waals surface area contributed by atoms with Crippen LogP contribution in [-0.2, 0) is 6.42 Å². The van der Waals surface area contributed by atoms with Crippen LogP contribution in [0.1, 0.15) is 29.8 Å². The minimum atomic E-state index is -0.134. The summed E-state index contributed by atoms with van der Waals surface area (Å²) in [5.41, 5.74) is 0.752. The maximum absolute atomic E-state index is 13.8. The molecule has 0 fully saturated rings. The molecule has 0 saturated heterocycles. The van der Waals surface area contributed by atoms with Gasteiger partial charge in [-0.3, -0.25) is 0 Å². The fraction of sp³-hybridized carbons (Fsp3) is 0.333. The van der Waals surface area contributed by atoms with Crippen LogP contribution in [0.3, 0.4) is 0 Å². The summed E-state index contributed by atoms with van der Waals surface area (Å²) in [5, 5.41) is 3.50. The monoisotopic (exact) mass is 419 g/mol. The molecule has 0 bridgehead atoms. The Morgan fingerprint density at radius 1 is 1.30 bits per heavy atom. The summed E-state index contributed by atoms with van der Waals surface area (Å²) in [6, 6.07) is 9.23. The van der Waals surface area contributed by atoms with Crippen LogP contribution in [0.2, 0.25) is 0 Å². The molecule has 0 radical (unpaired) electrons. The van der Waals surface area contributed by atoms with Gasteiger partial charge in [0.15, 0.2) is 0 Å². The zero-order valence-corrected chi connectivity index (χ0v) is 15.1. The predicted molar refractivity (Wildman–Crippen MR) is 90.9 cm³/mol. The molecular weight excluding hydrogens is 405 g/mol. The van der Waals surface area contributed by atoms with Gasteiger partial charge in [0.05, 0.1) is 3.79 Å². The summed E-state index contributed by atoms with van der Waals surface area (Å²) in [6.07, 6.45) is 1.72. The lowest BCUT2D eigenvalue weighted by molar-refractivity contribution is 0.519. The molecular formula is C15H16Br2FNS. The molecule has 108 valence electrons. The van der Waals surface area contributed by atoms with Crippen LogP contribution in [-0.4, -0.2) is 6.54 Å². The van der Waals surface area contributed by atoms with Crippen molar-refractivity contribution in [3.63, 3.8) is 0 Å². The van der Waals surface area contributed by atoms with Crippen molar-refractivity contribution in [1.29, 1.82) is 0 Å². The number of hydrogen-bond acceptors (Lipinski definition) is 2. The normalized spacial score (nSPS) is 12.6. The fourth-order valence-corrected chi connectivity index (χ4v) is 4.18. The Morgan fingerprint density at radius 2 is 2.05 bits per heavy atom. The van der Waals surface area contributed by atoms with Gasteiger partial charge in [0.1, 0.15) is 5.82 Å². The van der Waals surface area contributed by atoms with Gasteiger partial charge in [0.2, 0.25) is 0 Å². The molecule has 1 N–H and O–H groups in total. The molecule has 1 unspecified atom stereocenters. The highest BCUT2D eigenvalue weighted by Gasteiger charge is 2.17. The van der Waals surface area contributed by atoms with Crippen LogP contribution in [0.25, 0.3) is 0 Å². The van der Waals surface area contributed by atoms with Gasteiger partial charge in [-0.1, -0.05) is 25.1 Å². The first kappa shape index (κ1) is 16.1. The van der Waals surface area contributed by atoms with Gasteiger partial charge in [-0.2, -0.15) is 0 Å². The van der Waals surface area contributed by atoms with Crippen LogP contribution in [0.5, 0.6) is 0 Å². The molecule has 1 aromatic carbocycles. The van der Waals surface area contributed by atoms with Crippen molar-refractivity contribution in [3.8, 4) is 0 Å². The van der Waals surface area contributed by atoms with Gasteiger partial charge in [-0.15, -0.1) is 11.3 Å². The van der Waals surface area contributed by atoms with Crippen LogP contribution in [0.4, 0.5) is 4.39 Å². The molecule has 0 aliphatic heterocycles. The summed E-state index contributed by atoms with van der Waals surface area (Å²) >= 11 is 8.72. The van der Waals surface area contributed by atoms with E-state index in [2.05, 4.69) is 50.2 Å². The standard InChI is InChI=1S/C15H16Br2FNS/c1-2-7-19-13(14-9-11(16)15(17)20-14)8-10-5-3-4-6-12(10)18/h3-6,9,13,19H,2,7-8H2,1H3. The van der Waals surface area contributed by atoms with E-state index >= 15 is 0 Å². The van der Waals surface area contributed by atoms with E-state index in [1.165, 1.54) is 10.9 Å². The first-order valence-electron chi connectivity index (χ1n) is 6.53. The topological polar surface area (TPSA) is 12.0 Å². The minimum Gasteiger partial charge on any atom is -0.309 e. The van der Waals surface area contributed by atoms with E-state index in [4.69, 9.17) is 0 Å². The second-order valence-corrected chi connectivity index (χ2v) is 7.83. The summed E-state index contributed by atoms with van der Waals surface area (Å²) in [4.78, 5) is 1.21. The average molecular weight is 421 g/mol. The molecule has 1 atom stereocenters. The third-order valence-electron chi connectivity index (χ3n) is 3.03. The number of rotatable bonds is 6. The molecule has 1 heterocycles. The Morgan fingerprint density at radius 3 is 2.65 bits per heavy atom. The SMILES string of the molecule is CCCNC(Cc1ccccc1F)c1cc(Br)c(Br)s1. The van der Waals surface area contributed by atoms with Crippen molar-refractivity contribution < 1.29 is 4.39 Å². The fourth-order valence-electron chi connectivity index (χ4n) is 2.01. The lowest BCUT2D eigenvalue weighted by Gasteiger charge is -2.17. The predicted octanol–water partition coefficient (Wildman–Crippen LogP) is 5.70. The summed E-state index contributed by atoms with van der Waals surface area (Å²) in [6.45, 7) is 3.06. The van der Waals surface area contributed by atoms with Gasteiger partial charge in [0.25, 0.3) is 0 Å². The number of hydrogen-bond donors (Lipinski definition) is 1. The van der Waals surface area contributed by atoms with Gasteiger partial charge in [0, 0.05) is 15.4 Å². The van der Waals surface area contributed by atoms with E-state index in [0.717, 1.165) is 26.8 Å². The second kappa shape index (κ2) is 7.69. The molecule has 1 aromatic heterocycles. The first-order valence-corrected chi connectivity index (χ1v) is 8.93. The van der Waals surface area contributed by atoms with Gasteiger partial charge >= 0.3 is 0 Å². The van der Waals surface area contributed by atoms with E-state index in [1.807, 2.05) is 12.1 Å². The van der Waals surface area contributed by atoms with Crippen LogP contribution in [0, 0.1) is 5.82 Å². The largest absolute Gasteiger partial charge is 0.309 e. The van der Waals surface area contributed by atoms with Crippen molar-refractivity contribution in [2.45, 2.75) is 25.8 Å². The smallest absolute Gasteiger partial charge is 0.126 e. The molecule has 5 heteroatoms. The Balaban J connectivity index is 2.21. The van der Waals surface area contributed by atoms with Crippen LogP contribution >= 0.6 is 43.2 Å². The van der Waals surface area contributed by atoms with E-state index in [9.17, 15) is 4.39 Å². The highest BCUT2D eigenvalue weighted by Crippen LogP contribution is 2.36. The highest BCUT2D eigenvalue weighted by atomic mass is 79.9. The molecule has 1 nitrogen and oxygen atoms in total. The van der Waals surface area contributed by atoms with E-state index in [0.29, 0.717) is 6.42 Å². The Labute approximate surface area is 139 Å². The maximum atomic E-state index is 13.8.